The molecule has 3 aromatic rings. The first kappa shape index (κ1) is 18.4. The second-order valence-electron chi connectivity index (χ2n) is 5.59. The number of hydrogen-bond acceptors (Lipinski definition) is 5. The molecule has 2 aromatic carbocycles. The summed E-state index contributed by atoms with van der Waals surface area (Å²) in [6, 6.07) is 14.1. The smallest absolute Gasteiger partial charge is 0.405 e. The van der Waals surface area contributed by atoms with Crippen molar-refractivity contribution in [2.45, 2.75) is 6.04 Å². The molecular weight excluding hydrogens is 370 g/mol. The maximum absolute atomic E-state index is 12.6. The molecule has 1 atom stereocenters. The SMILES string of the molecule is O=C(O)N[C@H](C(=O)Nc1ccc2cc(C(=O)NO)sc2c1)c1ccccc1. The van der Waals surface area contributed by atoms with E-state index in [4.69, 9.17) is 10.3 Å². The van der Waals surface area contributed by atoms with E-state index in [-0.39, 0.29) is 0 Å². The molecule has 3 amide bonds. The van der Waals surface area contributed by atoms with Gasteiger partial charge in [0.2, 0.25) is 0 Å². The van der Waals surface area contributed by atoms with Crippen molar-refractivity contribution in [3.8, 4) is 0 Å². The maximum atomic E-state index is 12.6. The van der Waals surface area contributed by atoms with Gasteiger partial charge in [0, 0.05) is 10.4 Å². The number of thiophene rings is 1. The summed E-state index contributed by atoms with van der Waals surface area (Å²) in [5, 5.41) is 23.4. The van der Waals surface area contributed by atoms with Crippen molar-refractivity contribution < 1.29 is 24.7 Å². The highest BCUT2D eigenvalue weighted by molar-refractivity contribution is 7.20. The van der Waals surface area contributed by atoms with Crippen molar-refractivity contribution in [2.24, 2.45) is 0 Å². The standard InChI is InChI=1S/C18H15N3O5S/c22-16(21-26)14-8-11-6-7-12(9-13(11)27-14)19-17(23)15(20-18(24)25)10-4-2-1-3-5-10/h1-9,15,20,26H,(H,19,23)(H,21,22)(H,24,25)/t15-/m0/s1. The van der Waals surface area contributed by atoms with Gasteiger partial charge >= 0.3 is 6.09 Å². The molecule has 3 rings (SSSR count). The monoisotopic (exact) mass is 385 g/mol. The van der Waals surface area contributed by atoms with Gasteiger partial charge in [0.25, 0.3) is 11.8 Å². The van der Waals surface area contributed by atoms with Crippen LogP contribution in [0.5, 0.6) is 0 Å². The summed E-state index contributed by atoms with van der Waals surface area (Å²) in [5.74, 6) is -1.15. The van der Waals surface area contributed by atoms with Crippen molar-refractivity contribution in [1.82, 2.24) is 10.8 Å². The fourth-order valence-corrected chi connectivity index (χ4v) is 3.55. The van der Waals surface area contributed by atoms with E-state index >= 15 is 0 Å². The van der Waals surface area contributed by atoms with Crippen LogP contribution in [0.2, 0.25) is 0 Å². The minimum absolute atomic E-state index is 0.325. The molecule has 1 heterocycles. The number of carboxylic acid groups (broad SMARTS) is 1. The summed E-state index contributed by atoms with van der Waals surface area (Å²) in [6.45, 7) is 0. The van der Waals surface area contributed by atoms with Gasteiger partial charge in [-0.3, -0.25) is 14.8 Å². The third-order valence-corrected chi connectivity index (χ3v) is 4.87. The van der Waals surface area contributed by atoms with Gasteiger partial charge in [-0.15, -0.1) is 11.3 Å². The molecule has 0 saturated carbocycles. The van der Waals surface area contributed by atoms with Crippen LogP contribution in [0.25, 0.3) is 10.1 Å². The van der Waals surface area contributed by atoms with Gasteiger partial charge in [-0.25, -0.2) is 10.3 Å². The quantitative estimate of drug-likeness (QED) is 0.341. The van der Waals surface area contributed by atoms with E-state index in [1.54, 1.807) is 60.1 Å². The van der Waals surface area contributed by atoms with Crippen LogP contribution in [-0.4, -0.2) is 28.2 Å². The molecule has 5 N–H and O–H groups in total. The molecule has 0 radical (unpaired) electrons. The Kier molecular flexibility index (Phi) is 5.34. The third kappa shape index (κ3) is 4.22. The summed E-state index contributed by atoms with van der Waals surface area (Å²) < 4.78 is 0.730. The lowest BCUT2D eigenvalue weighted by Gasteiger charge is -2.17. The molecule has 0 spiro atoms. The fraction of sp³-hybridized carbons (Fsp3) is 0.0556. The van der Waals surface area contributed by atoms with E-state index in [2.05, 4.69) is 10.6 Å². The number of rotatable bonds is 5. The summed E-state index contributed by atoms with van der Waals surface area (Å²) in [4.78, 5) is 35.5. The number of carbonyl (C=O) groups excluding carboxylic acids is 2. The minimum atomic E-state index is -1.31. The number of benzene rings is 2. The van der Waals surface area contributed by atoms with Gasteiger partial charge in [-0.1, -0.05) is 36.4 Å². The van der Waals surface area contributed by atoms with Crippen LogP contribution in [0.1, 0.15) is 21.3 Å². The average molecular weight is 385 g/mol. The molecule has 0 aliphatic carbocycles. The first-order valence-electron chi connectivity index (χ1n) is 7.81. The van der Waals surface area contributed by atoms with Crippen molar-refractivity contribution >= 4 is 45.0 Å². The van der Waals surface area contributed by atoms with E-state index in [0.29, 0.717) is 16.1 Å². The van der Waals surface area contributed by atoms with E-state index in [0.717, 1.165) is 21.4 Å². The van der Waals surface area contributed by atoms with E-state index in [1.807, 2.05) is 0 Å². The van der Waals surface area contributed by atoms with Gasteiger partial charge in [-0.05, 0) is 29.1 Å². The lowest BCUT2D eigenvalue weighted by molar-refractivity contribution is -0.118. The van der Waals surface area contributed by atoms with Crippen LogP contribution in [0.15, 0.2) is 54.6 Å². The normalized spacial score (nSPS) is 11.6. The van der Waals surface area contributed by atoms with E-state index in [9.17, 15) is 14.4 Å². The second-order valence-corrected chi connectivity index (χ2v) is 6.67. The highest BCUT2D eigenvalue weighted by Crippen LogP contribution is 2.28. The Morgan fingerprint density at radius 2 is 1.74 bits per heavy atom. The first-order chi connectivity index (χ1) is 13.0. The number of hydrogen-bond donors (Lipinski definition) is 5. The summed E-state index contributed by atoms with van der Waals surface area (Å²) >= 11 is 1.15. The molecule has 0 bridgehead atoms. The lowest BCUT2D eigenvalue weighted by Crippen LogP contribution is -2.36. The van der Waals surface area contributed by atoms with Crippen molar-refractivity contribution in [1.29, 1.82) is 0 Å². The van der Waals surface area contributed by atoms with Gasteiger partial charge in [0.15, 0.2) is 0 Å². The molecule has 8 nitrogen and oxygen atoms in total. The topological polar surface area (TPSA) is 128 Å². The van der Waals surface area contributed by atoms with Crippen LogP contribution in [0, 0.1) is 0 Å². The molecule has 1 aromatic heterocycles. The predicted octanol–water partition coefficient (Wildman–Crippen LogP) is 2.97. The zero-order chi connectivity index (χ0) is 19.4. The third-order valence-electron chi connectivity index (χ3n) is 3.78. The Balaban J connectivity index is 1.84. The maximum Gasteiger partial charge on any atom is 0.405 e. The average Bonchev–Trinajstić information content (AvgIpc) is 3.09. The molecule has 9 heteroatoms. The van der Waals surface area contributed by atoms with Crippen molar-refractivity contribution in [3.63, 3.8) is 0 Å². The number of nitrogens with one attached hydrogen (secondary N) is 3. The van der Waals surface area contributed by atoms with Crippen molar-refractivity contribution in [3.05, 3.63) is 65.0 Å². The van der Waals surface area contributed by atoms with Gasteiger partial charge in [-0.2, -0.15) is 0 Å². The molecule has 0 unspecified atom stereocenters. The number of fused-ring (bicyclic) bond motifs is 1. The van der Waals surface area contributed by atoms with Crippen LogP contribution in [0.4, 0.5) is 10.5 Å². The zero-order valence-corrected chi connectivity index (χ0v) is 14.6. The minimum Gasteiger partial charge on any atom is -0.465 e. The Hall–Kier alpha value is -3.43. The number of amides is 3. The Bertz CT molecular complexity index is 1000. The lowest BCUT2D eigenvalue weighted by atomic mass is 10.1. The largest absolute Gasteiger partial charge is 0.465 e. The van der Waals surface area contributed by atoms with Crippen molar-refractivity contribution in [2.75, 3.05) is 5.32 Å². The zero-order valence-electron chi connectivity index (χ0n) is 13.8. The summed E-state index contributed by atoms with van der Waals surface area (Å²) in [6.07, 6.45) is -1.31. The van der Waals surface area contributed by atoms with Crippen LogP contribution < -0.4 is 16.1 Å². The Morgan fingerprint density at radius 3 is 2.41 bits per heavy atom. The second kappa shape index (κ2) is 7.85. The van der Waals surface area contributed by atoms with Crippen LogP contribution in [0.3, 0.4) is 0 Å². The van der Waals surface area contributed by atoms with Gasteiger partial charge < -0.3 is 15.7 Å². The van der Waals surface area contributed by atoms with E-state index in [1.165, 1.54) is 0 Å². The molecular formula is C18H15N3O5S. The number of hydroxylamine groups is 1. The fourth-order valence-electron chi connectivity index (χ4n) is 2.56. The molecule has 0 aliphatic rings. The molecule has 0 fully saturated rings. The highest BCUT2D eigenvalue weighted by Gasteiger charge is 2.22. The highest BCUT2D eigenvalue weighted by atomic mass is 32.1. The molecule has 138 valence electrons. The summed E-state index contributed by atoms with van der Waals surface area (Å²) in [7, 11) is 0. The summed E-state index contributed by atoms with van der Waals surface area (Å²) in [5.41, 5.74) is 2.55. The van der Waals surface area contributed by atoms with Gasteiger partial charge in [0.1, 0.15) is 6.04 Å². The number of carbonyl (C=O) groups is 3. The molecule has 0 aliphatic heterocycles. The number of anilines is 1. The Labute approximate surface area is 157 Å². The van der Waals surface area contributed by atoms with Crippen LogP contribution >= 0.6 is 11.3 Å². The predicted molar refractivity (Wildman–Crippen MR) is 100 cm³/mol. The van der Waals surface area contributed by atoms with Gasteiger partial charge in [0.05, 0.1) is 4.88 Å². The van der Waals surface area contributed by atoms with Crippen LogP contribution in [-0.2, 0) is 4.79 Å². The van der Waals surface area contributed by atoms with E-state index < -0.39 is 23.9 Å². The first-order valence-corrected chi connectivity index (χ1v) is 8.63. The molecule has 27 heavy (non-hydrogen) atoms. The Morgan fingerprint density at radius 1 is 1.00 bits per heavy atom. The molecule has 0 saturated heterocycles.